The van der Waals surface area contributed by atoms with Crippen molar-refractivity contribution in [2.45, 2.75) is 57.9 Å². The fourth-order valence-electron chi connectivity index (χ4n) is 6.22. The number of nitrogens with one attached hydrogen (secondary N) is 1. The second-order valence-corrected chi connectivity index (χ2v) is 13.3. The maximum Gasteiger partial charge on any atom is 0.407 e. The van der Waals surface area contributed by atoms with E-state index in [1.165, 1.54) is 6.07 Å². The van der Waals surface area contributed by atoms with Crippen LogP contribution in [0.2, 0.25) is 0 Å². The molecule has 0 radical (unpaired) electrons. The zero-order valence-electron chi connectivity index (χ0n) is 23.3. The highest BCUT2D eigenvalue weighted by Gasteiger charge is 2.46. The first-order chi connectivity index (χ1) is 20.2. The number of amides is 1. The number of carbonyl (C=O) groups is 2. The topological polar surface area (TPSA) is 146 Å². The van der Waals surface area contributed by atoms with E-state index >= 15 is 4.39 Å². The minimum absolute atomic E-state index is 0.0250. The van der Waals surface area contributed by atoms with Crippen LogP contribution in [0.25, 0.3) is 22.3 Å². The summed E-state index contributed by atoms with van der Waals surface area (Å²) >= 11 is 0. The molecule has 4 heterocycles. The predicted molar refractivity (Wildman–Crippen MR) is 159 cm³/mol. The Balaban J connectivity index is 1.43. The van der Waals surface area contributed by atoms with Crippen molar-refractivity contribution in [1.29, 1.82) is 0 Å². The lowest BCUT2D eigenvalue weighted by atomic mass is 9.81. The largest absolute Gasteiger partial charge is 0.458 e. The Labute approximate surface area is 248 Å². The Hall–Kier alpha value is -3.13. The summed E-state index contributed by atoms with van der Waals surface area (Å²) in [7, 11) is 3.21. The van der Waals surface area contributed by atoms with Crippen molar-refractivity contribution in [1.82, 2.24) is 14.9 Å². The Morgan fingerprint density at radius 1 is 1.29 bits per heavy atom. The summed E-state index contributed by atoms with van der Waals surface area (Å²) in [6.07, 6.45) is 0.515. The number of nitrogens with zero attached hydrogens (tertiary/aromatic N) is 2. The highest BCUT2D eigenvalue weighted by molar-refractivity contribution is 8.76. The van der Waals surface area contributed by atoms with Gasteiger partial charge in [0.05, 0.1) is 35.1 Å². The van der Waals surface area contributed by atoms with Crippen molar-refractivity contribution in [2.75, 3.05) is 24.7 Å². The van der Waals surface area contributed by atoms with Gasteiger partial charge in [-0.3, -0.25) is 4.79 Å². The number of carbonyl (C=O) groups excluding carboxylic acids is 2. The summed E-state index contributed by atoms with van der Waals surface area (Å²) in [5.74, 6) is 0.258. The zero-order chi connectivity index (χ0) is 29.8. The van der Waals surface area contributed by atoms with Gasteiger partial charge in [0.15, 0.2) is 5.60 Å². The molecule has 42 heavy (non-hydrogen) atoms. The molecule has 0 saturated carbocycles. The molecule has 2 aromatic heterocycles. The average molecular weight is 615 g/mol. The number of hydrogen-bond acceptors (Lipinski definition) is 10. The van der Waals surface area contributed by atoms with Gasteiger partial charge in [-0.2, -0.15) is 0 Å². The van der Waals surface area contributed by atoms with Crippen LogP contribution in [0.3, 0.4) is 0 Å². The number of nitrogens with two attached hydrogens (primary N) is 1. The van der Waals surface area contributed by atoms with E-state index in [1.807, 2.05) is 0 Å². The predicted octanol–water partition coefficient (Wildman–Crippen LogP) is 3.58. The second-order valence-electron chi connectivity index (χ2n) is 10.6. The number of aryl methyl sites for hydroxylation is 1. The van der Waals surface area contributed by atoms with Gasteiger partial charge >= 0.3 is 12.1 Å². The van der Waals surface area contributed by atoms with Crippen LogP contribution in [0.5, 0.6) is 0 Å². The summed E-state index contributed by atoms with van der Waals surface area (Å²) < 4.78 is 27.2. The third kappa shape index (κ3) is 4.57. The van der Waals surface area contributed by atoms with Crippen LogP contribution >= 0.6 is 21.6 Å². The molecule has 10 nitrogen and oxygen atoms in total. The van der Waals surface area contributed by atoms with Crippen LogP contribution < -0.4 is 16.6 Å². The van der Waals surface area contributed by atoms with Crippen LogP contribution in [0.1, 0.15) is 59.2 Å². The van der Waals surface area contributed by atoms with Gasteiger partial charge in [-0.15, -0.1) is 0 Å². The second kappa shape index (κ2) is 11.2. The molecule has 3 aliphatic rings. The molecule has 1 aromatic carbocycles. The van der Waals surface area contributed by atoms with Crippen molar-refractivity contribution in [3.05, 3.63) is 61.7 Å². The molecule has 0 unspecified atom stereocenters. The Kier molecular flexibility index (Phi) is 7.71. The van der Waals surface area contributed by atoms with Crippen molar-refractivity contribution in [3.63, 3.8) is 0 Å². The van der Waals surface area contributed by atoms with Gasteiger partial charge in [0, 0.05) is 40.6 Å². The molecule has 2 atom stereocenters. The van der Waals surface area contributed by atoms with Crippen LogP contribution in [0, 0.1) is 12.7 Å². The lowest BCUT2D eigenvalue weighted by Gasteiger charge is -2.31. The number of hydrogen-bond donors (Lipinski definition) is 3. The maximum absolute atomic E-state index is 15.1. The molecule has 4 N–H and O–H groups in total. The highest BCUT2D eigenvalue weighted by atomic mass is 33.1. The highest BCUT2D eigenvalue weighted by Crippen LogP contribution is 2.46. The first-order valence-corrected chi connectivity index (χ1v) is 16.4. The number of pyridine rings is 2. The molecule has 0 saturated heterocycles. The molecule has 1 amide bonds. The van der Waals surface area contributed by atoms with Gasteiger partial charge in [0.1, 0.15) is 19.0 Å². The van der Waals surface area contributed by atoms with Crippen molar-refractivity contribution in [3.8, 4) is 11.4 Å². The van der Waals surface area contributed by atoms with E-state index in [-0.39, 0.29) is 48.7 Å². The van der Waals surface area contributed by atoms with Gasteiger partial charge in [0.2, 0.25) is 0 Å². The minimum Gasteiger partial charge on any atom is -0.458 e. The Morgan fingerprint density at radius 3 is 2.83 bits per heavy atom. The number of benzene rings is 1. The summed E-state index contributed by atoms with van der Waals surface area (Å²) in [5, 5.41) is 15.0. The fraction of sp³-hybridized carbons (Fsp3) is 0.448. The molecule has 2 aliphatic heterocycles. The summed E-state index contributed by atoms with van der Waals surface area (Å²) in [6, 6.07) is 2.56. The maximum atomic E-state index is 15.1. The minimum atomic E-state index is -1.96. The summed E-state index contributed by atoms with van der Waals surface area (Å²) in [6.45, 7) is 4.14. The summed E-state index contributed by atoms with van der Waals surface area (Å²) in [5.41, 5.74) is 7.77. The lowest BCUT2D eigenvalue weighted by Crippen LogP contribution is -2.44. The van der Waals surface area contributed by atoms with E-state index in [2.05, 4.69) is 5.32 Å². The monoisotopic (exact) mass is 614 g/mol. The van der Waals surface area contributed by atoms with E-state index in [4.69, 9.17) is 20.2 Å². The number of esters is 1. The van der Waals surface area contributed by atoms with E-state index in [1.54, 1.807) is 46.1 Å². The Bertz CT molecular complexity index is 1700. The van der Waals surface area contributed by atoms with E-state index in [0.717, 1.165) is 27.8 Å². The molecule has 222 valence electrons. The Morgan fingerprint density at radius 2 is 2.07 bits per heavy atom. The van der Waals surface area contributed by atoms with Crippen LogP contribution in [0.4, 0.5) is 9.18 Å². The number of halogens is 1. The molecule has 3 aromatic rings. The first-order valence-electron chi connectivity index (χ1n) is 13.9. The van der Waals surface area contributed by atoms with Crippen molar-refractivity contribution < 1.29 is 28.6 Å². The van der Waals surface area contributed by atoms with Gasteiger partial charge in [-0.1, -0.05) is 28.5 Å². The van der Waals surface area contributed by atoms with Crippen LogP contribution in [-0.4, -0.2) is 51.4 Å². The smallest absolute Gasteiger partial charge is 0.407 e. The molecule has 0 spiro atoms. The van der Waals surface area contributed by atoms with Gasteiger partial charge < -0.3 is 30.2 Å². The zero-order valence-corrected chi connectivity index (χ0v) is 24.9. The summed E-state index contributed by atoms with van der Waals surface area (Å²) in [4.78, 5) is 43.9. The number of cyclic esters (lactones) is 1. The van der Waals surface area contributed by atoms with Crippen molar-refractivity contribution in [2.24, 2.45) is 5.73 Å². The van der Waals surface area contributed by atoms with Crippen LogP contribution in [-0.2, 0) is 39.4 Å². The number of aliphatic hydroxyl groups is 1. The molecule has 13 heteroatoms. The van der Waals surface area contributed by atoms with Crippen LogP contribution in [0.15, 0.2) is 16.9 Å². The van der Waals surface area contributed by atoms with Gasteiger partial charge in [-0.05, 0) is 48.9 Å². The number of fused-ring (bicyclic) bond motifs is 5. The van der Waals surface area contributed by atoms with E-state index in [9.17, 15) is 19.5 Å². The molecule has 0 fully saturated rings. The van der Waals surface area contributed by atoms with E-state index in [0.29, 0.717) is 47.6 Å². The van der Waals surface area contributed by atoms with Gasteiger partial charge in [0.25, 0.3) is 5.56 Å². The molecular formula is C29H31FN4O6S2. The normalized spacial score (nSPS) is 20.1. The number of aromatic nitrogens is 2. The van der Waals surface area contributed by atoms with Gasteiger partial charge in [-0.25, -0.2) is 19.0 Å². The molecule has 1 aliphatic carbocycles. The van der Waals surface area contributed by atoms with E-state index < -0.39 is 23.7 Å². The third-order valence-corrected chi connectivity index (χ3v) is 10.8. The average Bonchev–Trinajstić information content (AvgIpc) is 3.35. The van der Waals surface area contributed by atoms with Crippen molar-refractivity contribution >= 4 is 44.6 Å². The molecule has 6 rings (SSSR count). The lowest BCUT2D eigenvalue weighted by molar-refractivity contribution is -0.172. The molecule has 0 bridgehead atoms. The standard InChI is InChI=1S/C29H31FN4O6S2/c1-3-29(38)18-10-22-25-16(12-34(22)26(35)17(18)13-40-27(29)36)24-20(33-28(37)39-7-9-42-41-8-6-31)5-4-15-14(2)19(30)11-21(32-25)23(15)24/h10-11,20,38H,3-9,12-13,31H2,1-2H3,(H,33,37)/t20-,29-/m0/s1. The number of rotatable bonds is 8. The SMILES string of the molecule is CC[C@@]1(O)C(=O)OCc2c1cc1n(c2=O)Cc2c-1nc1cc(F)c(C)c3c1c2[C@@H](NC(=O)OCCSSCCN)CC3. The molecular weight excluding hydrogens is 583 g/mol. The number of ether oxygens (including phenoxy) is 2. The first kappa shape index (κ1) is 29.0. The quantitative estimate of drug-likeness (QED) is 0.153. The third-order valence-electron chi connectivity index (χ3n) is 8.35. The number of alkyl carbamates (subject to hydrolysis) is 1. The fourth-order valence-corrected chi connectivity index (χ4v) is 7.90.